The predicted octanol–water partition coefficient (Wildman–Crippen LogP) is 4.50. The highest BCUT2D eigenvalue weighted by atomic mass is 19.1. The standard InChI is InChI=1S/C26H28F2N4O2/c1-4-32(25(34)22-14-18(33)10-12-29-22)15-26(16(2)3)11-6-7-17-13-21(30-31-24(17)26)23-19(27)8-5-9-20(23)28/h5,8-10,12-14,16H,4,6-7,11,15H2,1-3H3,(H,29,33)/t26-/m1/s1. The van der Waals surface area contributed by atoms with Gasteiger partial charge in [-0.15, -0.1) is 0 Å². The van der Waals surface area contributed by atoms with E-state index in [4.69, 9.17) is 0 Å². The lowest BCUT2D eigenvalue weighted by molar-refractivity contribution is 0.0667. The molecular formula is C26H28F2N4O2. The number of fused-ring (bicyclic) bond motifs is 1. The van der Waals surface area contributed by atoms with Crippen molar-refractivity contribution in [3.63, 3.8) is 0 Å². The second-order valence-corrected chi connectivity index (χ2v) is 9.12. The van der Waals surface area contributed by atoms with Crippen LogP contribution < -0.4 is 5.43 Å². The van der Waals surface area contributed by atoms with Crippen molar-refractivity contribution in [2.45, 2.75) is 45.4 Å². The number of aryl methyl sites for hydroxylation is 1. The number of carbonyl (C=O) groups excluding carboxylic acids is 1. The van der Waals surface area contributed by atoms with Gasteiger partial charge in [-0.2, -0.15) is 10.2 Å². The Morgan fingerprint density at radius 2 is 1.91 bits per heavy atom. The van der Waals surface area contributed by atoms with E-state index in [1.807, 2.05) is 6.92 Å². The van der Waals surface area contributed by atoms with Crippen LogP contribution in [-0.4, -0.2) is 39.1 Å². The summed E-state index contributed by atoms with van der Waals surface area (Å²) in [4.78, 5) is 29.6. The maximum Gasteiger partial charge on any atom is 0.270 e. The highest BCUT2D eigenvalue weighted by Gasteiger charge is 2.43. The van der Waals surface area contributed by atoms with Crippen molar-refractivity contribution >= 4 is 5.91 Å². The van der Waals surface area contributed by atoms with Crippen molar-refractivity contribution in [2.24, 2.45) is 5.92 Å². The Morgan fingerprint density at radius 3 is 2.56 bits per heavy atom. The first-order valence-corrected chi connectivity index (χ1v) is 11.6. The van der Waals surface area contributed by atoms with Crippen LogP contribution in [0.15, 0.2) is 47.4 Å². The van der Waals surface area contributed by atoms with E-state index in [2.05, 4.69) is 29.0 Å². The molecule has 0 radical (unpaired) electrons. The van der Waals surface area contributed by atoms with E-state index in [0.717, 1.165) is 24.1 Å². The largest absolute Gasteiger partial charge is 0.357 e. The first-order valence-electron chi connectivity index (χ1n) is 11.6. The summed E-state index contributed by atoms with van der Waals surface area (Å²) in [5.74, 6) is -1.50. The summed E-state index contributed by atoms with van der Waals surface area (Å²) in [6.07, 6.45) is 3.83. The van der Waals surface area contributed by atoms with E-state index in [1.165, 1.54) is 36.5 Å². The zero-order valence-electron chi connectivity index (χ0n) is 19.6. The zero-order valence-corrected chi connectivity index (χ0v) is 19.6. The quantitative estimate of drug-likeness (QED) is 0.580. The van der Waals surface area contributed by atoms with Crippen LogP contribution in [0.5, 0.6) is 0 Å². The van der Waals surface area contributed by atoms with Crippen LogP contribution in [-0.2, 0) is 11.8 Å². The number of amides is 1. The lowest BCUT2D eigenvalue weighted by atomic mass is 9.65. The summed E-state index contributed by atoms with van der Waals surface area (Å²) in [6, 6.07) is 8.13. The molecule has 2 heterocycles. The second kappa shape index (κ2) is 9.44. The van der Waals surface area contributed by atoms with Crippen LogP contribution in [0.3, 0.4) is 0 Å². The monoisotopic (exact) mass is 466 g/mol. The summed E-state index contributed by atoms with van der Waals surface area (Å²) in [5, 5.41) is 8.74. The minimum absolute atomic E-state index is 0.119. The maximum absolute atomic E-state index is 14.4. The number of aromatic nitrogens is 3. The summed E-state index contributed by atoms with van der Waals surface area (Å²) in [7, 11) is 0. The highest BCUT2D eigenvalue weighted by Crippen LogP contribution is 2.43. The number of nitrogens with zero attached hydrogens (tertiary/aromatic N) is 3. The molecule has 4 rings (SSSR count). The van der Waals surface area contributed by atoms with Crippen molar-refractivity contribution in [2.75, 3.05) is 13.1 Å². The molecule has 1 N–H and O–H groups in total. The number of pyridine rings is 1. The summed E-state index contributed by atoms with van der Waals surface area (Å²) in [6.45, 7) is 6.91. The molecule has 1 aromatic carbocycles. The number of halogens is 2. The molecule has 0 saturated heterocycles. The minimum Gasteiger partial charge on any atom is -0.357 e. The molecule has 178 valence electrons. The van der Waals surface area contributed by atoms with E-state index in [-0.39, 0.29) is 34.2 Å². The number of H-pyrrole nitrogens is 1. The molecule has 6 nitrogen and oxygen atoms in total. The average molecular weight is 467 g/mol. The topological polar surface area (TPSA) is 79.0 Å². The number of hydrogen-bond acceptors (Lipinski definition) is 4. The van der Waals surface area contributed by atoms with Gasteiger partial charge in [-0.3, -0.25) is 9.59 Å². The van der Waals surface area contributed by atoms with Gasteiger partial charge in [0, 0.05) is 36.8 Å². The number of rotatable bonds is 6. The smallest absolute Gasteiger partial charge is 0.270 e. The lowest BCUT2D eigenvalue weighted by Crippen LogP contribution is -2.49. The molecule has 1 amide bonds. The molecule has 0 spiro atoms. The molecule has 0 bridgehead atoms. The molecule has 0 unspecified atom stereocenters. The highest BCUT2D eigenvalue weighted by molar-refractivity contribution is 5.92. The first-order chi connectivity index (χ1) is 16.3. The summed E-state index contributed by atoms with van der Waals surface area (Å²) < 4.78 is 28.7. The summed E-state index contributed by atoms with van der Waals surface area (Å²) in [5.41, 5.74) is 1.16. The Morgan fingerprint density at radius 1 is 1.18 bits per heavy atom. The Labute approximate surface area is 197 Å². The van der Waals surface area contributed by atoms with Gasteiger partial charge in [0.15, 0.2) is 5.43 Å². The van der Waals surface area contributed by atoms with Crippen molar-refractivity contribution in [3.05, 3.63) is 81.4 Å². The van der Waals surface area contributed by atoms with E-state index in [9.17, 15) is 18.4 Å². The van der Waals surface area contributed by atoms with Gasteiger partial charge < -0.3 is 9.88 Å². The number of carbonyl (C=O) groups is 1. The molecule has 0 aliphatic heterocycles. The minimum atomic E-state index is -0.681. The van der Waals surface area contributed by atoms with E-state index >= 15 is 0 Å². The third-order valence-corrected chi connectivity index (χ3v) is 6.88. The number of likely N-dealkylation sites (N-methyl/N-ethyl adjacent to an activating group) is 1. The Bertz CT molecular complexity index is 1250. The number of benzene rings is 1. The van der Waals surface area contributed by atoms with Gasteiger partial charge in [-0.25, -0.2) is 8.78 Å². The number of hydrogen-bond donors (Lipinski definition) is 1. The SMILES string of the molecule is CCN(C[C@@]1(C(C)C)CCCc2cc(-c3c(F)cccc3F)nnc21)C(=O)c1cc(=O)cc[nH]1. The molecule has 0 fully saturated rings. The van der Waals surface area contributed by atoms with Gasteiger partial charge in [0.2, 0.25) is 0 Å². The summed E-state index contributed by atoms with van der Waals surface area (Å²) >= 11 is 0. The molecule has 2 aromatic heterocycles. The molecule has 8 heteroatoms. The second-order valence-electron chi connectivity index (χ2n) is 9.12. The molecule has 1 aliphatic carbocycles. The molecule has 1 aliphatic rings. The van der Waals surface area contributed by atoms with Crippen LogP contribution in [0.1, 0.15) is 55.4 Å². The molecule has 0 saturated carbocycles. The van der Waals surface area contributed by atoms with Crippen LogP contribution in [0, 0.1) is 17.6 Å². The third-order valence-electron chi connectivity index (χ3n) is 6.88. The van der Waals surface area contributed by atoms with Crippen molar-refractivity contribution < 1.29 is 13.6 Å². The molecular weight excluding hydrogens is 438 g/mol. The Kier molecular flexibility index (Phi) is 6.59. The fourth-order valence-corrected chi connectivity index (χ4v) is 4.92. The van der Waals surface area contributed by atoms with Crippen molar-refractivity contribution in [1.29, 1.82) is 0 Å². The van der Waals surface area contributed by atoms with Gasteiger partial charge in [-0.05, 0) is 55.9 Å². The van der Waals surface area contributed by atoms with E-state index < -0.39 is 17.0 Å². The lowest BCUT2D eigenvalue weighted by Gasteiger charge is -2.44. The molecule has 3 aromatic rings. The van der Waals surface area contributed by atoms with Gasteiger partial charge in [0.1, 0.15) is 17.3 Å². The Hall–Kier alpha value is -3.42. The van der Waals surface area contributed by atoms with Crippen molar-refractivity contribution in [3.8, 4) is 11.3 Å². The predicted molar refractivity (Wildman–Crippen MR) is 125 cm³/mol. The van der Waals surface area contributed by atoms with E-state index in [0.29, 0.717) is 19.5 Å². The van der Waals surface area contributed by atoms with Gasteiger partial charge in [0.25, 0.3) is 5.91 Å². The van der Waals surface area contributed by atoms with Gasteiger partial charge in [0.05, 0.1) is 17.0 Å². The average Bonchev–Trinajstić information content (AvgIpc) is 2.81. The Balaban J connectivity index is 1.74. The molecule has 34 heavy (non-hydrogen) atoms. The van der Waals surface area contributed by atoms with Crippen LogP contribution in [0.2, 0.25) is 0 Å². The van der Waals surface area contributed by atoms with Gasteiger partial charge in [-0.1, -0.05) is 19.9 Å². The van der Waals surface area contributed by atoms with Gasteiger partial charge >= 0.3 is 0 Å². The van der Waals surface area contributed by atoms with E-state index in [1.54, 1.807) is 11.0 Å². The normalized spacial score (nSPS) is 17.5. The fraction of sp³-hybridized carbons (Fsp3) is 0.385. The molecule has 1 atom stereocenters. The number of aromatic amines is 1. The number of nitrogens with one attached hydrogen (secondary N) is 1. The first kappa shape index (κ1) is 23.7. The maximum atomic E-state index is 14.4. The fourth-order valence-electron chi connectivity index (χ4n) is 4.92. The van der Waals surface area contributed by atoms with Crippen LogP contribution >= 0.6 is 0 Å². The van der Waals surface area contributed by atoms with Crippen LogP contribution in [0.25, 0.3) is 11.3 Å². The van der Waals surface area contributed by atoms with Crippen LogP contribution in [0.4, 0.5) is 8.78 Å². The zero-order chi connectivity index (χ0) is 24.5. The third kappa shape index (κ3) is 4.24. The van der Waals surface area contributed by atoms with Crippen molar-refractivity contribution in [1.82, 2.24) is 20.1 Å².